The van der Waals surface area contributed by atoms with Crippen LogP contribution in [0.15, 0.2) is 53.7 Å². The van der Waals surface area contributed by atoms with Gasteiger partial charge in [0.15, 0.2) is 5.82 Å². The first kappa shape index (κ1) is 17.0. The number of rotatable bonds is 3. The summed E-state index contributed by atoms with van der Waals surface area (Å²) in [6, 6.07) is 7.91. The fourth-order valence-electron chi connectivity index (χ4n) is 2.08. The van der Waals surface area contributed by atoms with Gasteiger partial charge in [-0.05, 0) is 36.4 Å². The van der Waals surface area contributed by atoms with Crippen molar-refractivity contribution in [3.63, 3.8) is 0 Å². The summed E-state index contributed by atoms with van der Waals surface area (Å²) >= 11 is 0. The molecule has 0 aliphatic heterocycles. The zero-order valence-electron chi connectivity index (χ0n) is 12.3. The number of primary sulfonamides is 1. The van der Waals surface area contributed by atoms with E-state index >= 15 is 0 Å². The summed E-state index contributed by atoms with van der Waals surface area (Å²) in [6.07, 6.45) is -1.91. The monoisotopic (exact) mass is 369 g/mol. The molecule has 130 valence electrons. The molecule has 0 fully saturated rings. The predicted octanol–water partition coefficient (Wildman–Crippen LogP) is 2.00. The normalized spacial score (nSPS) is 12.3. The number of benzene rings is 1. The van der Waals surface area contributed by atoms with Crippen LogP contribution in [-0.2, 0) is 16.2 Å². The Bertz CT molecular complexity index is 999. The molecule has 3 rings (SSSR count). The van der Waals surface area contributed by atoms with Crippen LogP contribution in [0.3, 0.4) is 0 Å². The molecule has 2 aromatic heterocycles. The quantitative estimate of drug-likeness (QED) is 0.760. The van der Waals surface area contributed by atoms with E-state index < -0.39 is 22.0 Å². The lowest BCUT2D eigenvalue weighted by Gasteiger charge is -2.06. The van der Waals surface area contributed by atoms with E-state index in [9.17, 15) is 21.6 Å². The third-order valence-electron chi connectivity index (χ3n) is 3.21. The molecular weight excluding hydrogens is 359 g/mol. The highest BCUT2D eigenvalue weighted by Gasteiger charge is 2.37. The second-order valence-electron chi connectivity index (χ2n) is 4.94. The number of hydrogen-bond donors (Lipinski definition) is 1. The van der Waals surface area contributed by atoms with Gasteiger partial charge in [0.2, 0.25) is 10.0 Å². The Hall–Kier alpha value is -2.79. The number of alkyl halides is 3. The Labute approximate surface area is 140 Å². The van der Waals surface area contributed by atoms with Crippen molar-refractivity contribution in [2.75, 3.05) is 0 Å². The molecule has 0 aliphatic carbocycles. The zero-order valence-corrected chi connectivity index (χ0v) is 13.2. The highest BCUT2D eigenvalue weighted by molar-refractivity contribution is 7.89. The molecule has 0 radical (unpaired) electrons. The van der Waals surface area contributed by atoms with Crippen LogP contribution in [0.4, 0.5) is 13.2 Å². The lowest BCUT2D eigenvalue weighted by Crippen LogP contribution is -2.12. The average Bonchev–Trinajstić information content (AvgIpc) is 3.00. The van der Waals surface area contributed by atoms with Crippen LogP contribution in [0, 0.1) is 0 Å². The molecule has 0 unspecified atom stereocenters. The SMILES string of the molecule is NS(=O)(=O)c1ccc(-n2nc(C(F)(F)F)nc2-c2ccncc2)cc1. The third kappa shape index (κ3) is 3.51. The molecule has 1 aromatic carbocycles. The van der Waals surface area contributed by atoms with Crippen molar-refractivity contribution in [3.05, 3.63) is 54.6 Å². The molecule has 0 saturated carbocycles. The van der Waals surface area contributed by atoms with Crippen molar-refractivity contribution in [2.24, 2.45) is 5.14 Å². The Morgan fingerprint density at radius 3 is 2.12 bits per heavy atom. The summed E-state index contributed by atoms with van der Waals surface area (Å²) in [6.45, 7) is 0. The summed E-state index contributed by atoms with van der Waals surface area (Å²) in [5.41, 5.74) is 0.565. The van der Waals surface area contributed by atoms with Crippen molar-refractivity contribution in [1.82, 2.24) is 19.7 Å². The van der Waals surface area contributed by atoms with Gasteiger partial charge in [0.1, 0.15) is 0 Å². The molecule has 2 heterocycles. The first-order valence-electron chi connectivity index (χ1n) is 6.74. The summed E-state index contributed by atoms with van der Waals surface area (Å²) in [4.78, 5) is 7.19. The van der Waals surface area contributed by atoms with Crippen molar-refractivity contribution >= 4 is 10.0 Å². The van der Waals surface area contributed by atoms with Gasteiger partial charge in [-0.1, -0.05) is 0 Å². The molecule has 25 heavy (non-hydrogen) atoms. The van der Waals surface area contributed by atoms with E-state index in [2.05, 4.69) is 15.1 Å². The number of pyridine rings is 1. The molecule has 0 atom stereocenters. The molecule has 7 nitrogen and oxygen atoms in total. The minimum atomic E-state index is -4.73. The fraction of sp³-hybridized carbons (Fsp3) is 0.0714. The topological polar surface area (TPSA) is 104 Å². The highest BCUT2D eigenvalue weighted by atomic mass is 32.2. The van der Waals surface area contributed by atoms with Crippen molar-refractivity contribution in [2.45, 2.75) is 11.1 Å². The molecule has 3 aromatic rings. The van der Waals surface area contributed by atoms with Crippen LogP contribution in [0.2, 0.25) is 0 Å². The maximum absolute atomic E-state index is 13.0. The van der Waals surface area contributed by atoms with Gasteiger partial charge in [-0.15, -0.1) is 5.10 Å². The van der Waals surface area contributed by atoms with Gasteiger partial charge < -0.3 is 0 Å². The van der Waals surface area contributed by atoms with Crippen LogP contribution < -0.4 is 5.14 Å². The van der Waals surface area contributed by atoms with Crippen LogP contribution in [0.1, 0.15) is 5.82 Å². The Balaban J connectivity index is 2.16. The summed E-state index contributed by atoms with van der Waals surface area (Å²) in [5.74, 6) is -1.37. The van der Waals surface area contributed by atoms with Gasteiger partial charge in [-0.25, -0.2) is 23.2 Å². The number of hydrogen-bond acceptors (Lipinski definition) is 5. The van der Waals surface area contributed by atoms with Crippen LogP contribution in [0.25, 0.3) is 17.1 Å². The van der Waals surface area contributed by atoms with Crippen LogP contribution in [0.5, 0.6) is 0 Å². The second kappa shape index (κ2) is 5.93. The minimum absolute atomic E-state index is 0.0573. The fourth-order valence-corrected chi connectivity index (χ4v) is 2.59. The smallest absolute Gasteiger partial charge is 0.265 e. The van der Waals surface area contributed by atoms with Crippen molar-refractivity contribution in [1.29, 1.82) is 0 Å². The summed E-state index contributed by atoms with van der Waals surface area (Å²) in [5, 5.41) is 8.51. The molecule has 2 N–H and O–H groups in total. The lowest BCUT2D eigenvalue weighted by molar-refractivity contribution is -0.144. The number of nitrogens with two attached hydrogens (primary N) is 1. The molecule has 11 heteroatoms. The Kier molecular flexibility index (Phi) is 4.05. The van der Waals surface area contributed by atoms with Gasteiger partial charge in [0.05, 0.1) is 10.6 Å². The average molecular weight is 369 g/mol. The van der Waals surface area contributed by atoms with Gasteiger partial charge in [-0.3, -0.25) is 4.98 Å². The van der Waals surface area contributed by atoms with Crippen molar-refractivity contribution in [3.8, 4) is 17.1 Å². The Morgan fingerprint density at radius 1 is 1.00 bits per heavy atom. The van der Waals surface area contributed by atoms with E-state index in [4.69, 9.17) is 5.14 Å². The van der Waals surface area contributed by atoms with Crippen LogP contribution >= 0.6 is 0 Å². The highest BCUT2D eigenvalue weighted by Crippen LogP contribution is 2.30. The van der Waals surface area contributed by atoms with Gasteiger partial charge in [-0.2, -0.15) is 13.2 Å². The van der Waals surface area contributed by atoms with Crippen molar-refractivity contribution < 1.29 is 21.6 Å². The maximum Gasteiger partial charge on any atom is 0.453 e. The van der Waals surface area contributed by atoms with E-state index in [1.54, 1.807) is 0 Å². The summed E-state index contributed by atoms with van der Waals surface area (Å²) in [7, 11) is -3.92. The number of halogens is 3. The van der Waals surface area contributed by atoms with E-state index in [-0.39, 0.29) is 16.4 Å². The van der Waals surface area contributed by atoms with Gasteiger partial charge in [0, 0.05) is 18.0 Å². The summed E-state index contributed by atoms with van der Waals surface area (Å²) < 4.78 is 62.5. The number of nitrogens with zero attached hydrogens (tertiary/aromatic N) is 4. The molecule has 0 spiro atoms. The minimum Gasteiger partial charge on any atom is -0.265 e. The molecule has 0 saturated heterocycles. The molecular formula is C14H10F3N5O2S. The van der Waals surface area contributed by atoms with E-state index in [1.807, 2.05) is 0 Å². The molecule has 0 amide bonds. The number of sulfonamides is 1. The first-order chi connectivity index (χ1) is 11.7. The molecule has 0 bridgehead atoms. The maximum atomic E-state index is 13.0. The van der Waals surface area contributed by atoms with Gasteiger partial charge in [0.25, 0.3) is 5.82 Å². The van der Waals surface area contributed by atoms with Gasteiger partial charge >= 0.3 is 6.18 Å². The van der Waals surface area contributed by atoms with E-state index in [0.717, 1.165) is 4.68 Å². The molecule has 0 aliphatic rings. The zero-order chi connectivity index (χ0) is 18.2. The second-order valence-corrected chi connectivity index (χ2v) is 6.50. The standard InChI is InChI=1S/C14H10F3N5O2S/c15-14(16,17)13-20-12(9-5-7-19-8-6-9)22(21-13)10-1-3-11(4-2-10)25(18,23)24/h1-8H,(H2,18,23,24). The third-order valence-corrected chi connectivity index (χ3v) is 4.14. The lowest BCUT2D eigenvalue weighted by atomic mass is 10.2. The van der Waals surface area contributed by atoms with E-state index in [1.165, 1.54) is 48.8 Å². The number of aromatic nitrogens is 4. The van der Waals surface area contributed by atoms with E-state index in [0.29, 0.717) is 5.56 Å². The Morgan fingerprint density at radius 2 is 1.60 bits per heavy atom. The van der Waals surface area contributed by atoms with Crippen LogP contribution in [-0.4, -0.2) is 28.2 Å². The predicted molar refractivity (Wildman–Crippen MR) is 81.0 cm³/mol. The first-order valence-corrected chi connectivity index (χ1v) is 8.29. The largest absolute Gasteiger partial charge is 0.453 e.